The molecule has 170 valence electrons. The van der Waals surface area contributed by atoms with E-state index in [2.05, 4.69) is 29.9 Å². The summed E-state index contributed by atoms with van der Waals surface area (Å²) in [6.45, 7) is 5.18. The Labute approximate surface area is 191 Å². The maximum atomic E-state index is 13.3. The van der Waals surface area contributed by atoms with Gasteiger partial charge in [0.2, 0.25) is 16.0 Å². The third-order valence-electron chi connectivity index (χ3n) is 4.96. The molecule has 3 aromatic rings. The van der Waals surface area contributed by atoms with E-state index in [-0.39, 0.29) is 23.9 Å². The minimum atomic E-state index is -3.95. The number of anilines is 1. The second-order valence-corrected chi connectivity index (χ2v) is 10.4. The average Bonchev–Trinajstić information content (AvgIpc) is 3.52. The number of pyridine rings is 1. The van der Waals surface area contributed by atoms with E-state index in [9.17, 15) is 8.42 Å². The third-order valence-corrected chi connectivity index (χ3v) is 6.85. The van der Waals surface area contributed by atoms with E-state index < -0.39 is 21.4 Å². The van der Waals surface area contributed by atoms with Gasteiger partial charge in [-0.2, -0.15) is 0 Å². The van der Waals surface area contributed by atoms with Crippen molar-refractivity contribution in [2.45, 2.75) is 57.1 Å². The van der Waals surface area contributed by atoms with Crippen LogP contribution >= 0.6 is 11.6 Å². The molecule has 3 heterocycles. The van der Waals surface area contributed by atoms with Crippen molar-refractivity contribution in [1.29, 1.82) is 0 Å². The Kier molecular flexibility index (Phi) is 6.40. The van der Waals surface area contributed by atoms with Crippen LogP contribution in [-0.4, -0.2) is 49.5 Å². The van der Waals surface area contributed by atoms with Crippen molar-refractivity contribution in [1.82, 2.24) is 29.7 Å². The van der Waals surface area contributed by atoms with Gasteiger partial charge in [0.15, 0.2) is 11.6 Å². The molecular formula is C20H24ClN7O3S. The Morgan fingerprint density at radius 2 is 1.84 bits per heavy atom. The van der Waals surface area contributed by atoms with Gasteiger partial charge in [0.1, 0.15) is 17.0 Å². The van der Waals surface area contributed by atoms with Crippen LogP contribution in [0.15, 0.2) is 36.8 Å². The van der Waals surface area contributed by atoms with Crippen LogP contribution in [0.1, 0.15) is 51.6 Å². The highest BCUT2D eigenvalue weighted by atomic mass is 35.5. The van der Waals surface area contributed by atoms with Crippen LogP contribution < -0.4 is 4.72 Å². The van der Waals surface area contributed by atoms with Crippen molar-refractivity contribution >= 4 is 27.6 Å². The minimum absolute atomic E-state index is 0.123. The highest BCUT2D eigenvalue weighted by Gasteiger charge is 2.37. The summed E-state index contributed by atoms with van der Waals surface area (Å²) in [7, 11) is -3.95. The van der Waals surface area contributed by atoms with E-state index >= 15 is 0 Å². The van der Waals surface area contributed by atoms with Crippen molar-refractivity contribution < 1.29 is 13.2 Å². The predicted octanol–water partition coefficient (Wildman–Crippen LogP) is 3.41. The van der Waals surface area contributed by atoms with Crippen LogP contribution in [0, 0.1) is 0 Å². The van der Waals surface area contributed by atoms with Gasteiger partial charge in [0.05, 0.1) is 11.1 Å². The number of nitrogens with zero attached hydrogens (tertiary/aromatic N) is 6. The number of aromatic nitrogens is 6. The number of rotatable bonds is 9. The van der Waals surface area contributed by atoms with Gasteiger partial charge < -0.3 is 4.74 Å². The monoisotopic (exact) mass is 477 g/mol. The largest absolute Gasteiger partial charge is 0.366 e. The fraction of sp³-hybridized carbons (Fsp3) is 0.450. The van der Waals surface area contributed by atoms with Crippen LogP contribution in [0.25, 0.3) is 11.5 Å². The van der Waals surface area contributed by atoms with Gasteiger partial charge in [-0.25, -0.2) is 18.4 Å². The van der Waals surface area contributed by atoms with Crippen molar-refractivity contribution in [2.75, 3.05) is 4.72 Å². The summed E-state index contributed by atoms with van der Waals surface area (Å²) in [6, 6.07) is 5.59. The lowest BCUT2D eigenvalue weighted by Crippen LogP contribution is -2.35. The van der Waals surface area contributed by atoms with Gasteiger partial charge in [-0.3, -0.25) is 14.3 Å². The Morgan fingerprint density at radius 3 is 2.44 bits per heavy atom. The lowest BCUT2D eigenvalue weighted by atomic mass is 10.2. The number of halogens is 1. The SMILES string of the molecule is CC(C)O[C@@H](c1ncc(Cl)cn1)[C@H](C)S(=O)(=O)Nc1nnc(-c2ccccn2)n1C1CC1. The molecule has 0 aliphatic heterocycles. The van der Waals surface area contributed by atoms with E-state index in [0.29, 0.717) is 16.5 Å². The zero-order chi connectivity index (χ0) is 22.9. The number of sulfonamides is 1. The molecule has 1 N–H and O–H groups in total. The number of hydrogen-bond acceptors (Lipinski definition) is 8. The van der Waals surface area contributed by atoms with Gasteiger partial charge in [-0.05, 0) is 45.7 Å². The normalized spacial score (nSPS) is 16.2. The molecule has 0 saturated heterocycles. The molecule has 1 fully saturated rings. The van der Waals surface area contributed by atoms with Crippen molar-refractivity contribution in [3.63, 3.8) is 0 Å². The van der Waals surface area contributed by atoms with Gasteiger partial charge >= 0.3 is 0 Å². The first-order chi connectivity index (χ1) is 15.3. The van der Waals surface area contributed by atoms with Crippen molar-refractivity contribution in [2.24, 2.45) is 0 Å². The predicted molar refractivity (Wildman–Crippen MR) is 120 cm³/mol. The molecule has 3 aromatic heterocycles. The molecule has 4 rings (SSSR count). The molecule has 0 amide bonds. The van der Waals surface area contributed by atoms with Crippen LogP contribution in [0.3, 0.4) is 0 Å². The highest BCUT2D eigenvalue weighted by molar-refractivity contribution is 7.93. The maximum Gasteiger partial charge on any atom is 0.240 e. The van der Waals surface area contributed by atoms with E-state index in [1.54, 1.807) is 23.8 Å². The highest BCUT2D eigenvalue weighted by Crippen LogP contribution is 2.40. The first kappa shape index (κ1) is 22.6. The molecule has 1 saturated carbocycles. The Bertz CT molecular complexity index is 1170. The summed E-state index contributed by atoms with van der Waals surface area (Å²) in [5.74, 6) is 0.911. The molecule has 10 nitrogen and oxygen atoms in total. The fourth-order valence-electron chi connectivity index (χ4n) is 3.24. The second kappa shape index (κ2) is 9.08. The summed E-state index contributed by atoms with van der Waals surface area (Å²) in [5.41, 5.74) is 0.626. The second-order valence-electron chi connectivity index (χ2n) is 7.88. The van der Waals surface area contributed by atoms with Crippen LogP contribution in [0.4, 0.5) is 5.95 Å². The van der Waals surface area contributed by atoms with Crippen LogP contribution in [0.2, 0.25) is 5.02 Å². The Hall–Kier alpha value is -2.63. The molecule has 1 aliphatic rings. The van der Waals surface area contributed by atoms with E-state index in [1.807, 2.05) is 26.0 Å². The minimum Gasteiger partial charge on any atom is -0.366 e. The van der Waals surface area contributed by atoms with Gasteiger partial charge in [0, 0.05) is 24.6 Å². The first-order valence-corrected chi connectivity index (χ1v) is 12.2. The molecule has 1 aliphatic carbocycles. The molecule has 0 bridgehead atoms. The van der Waals surface area contributed by atoms with Crippen molar-refractivity contribution in [3.05, 3.63) is 47.6 Å². The van der Waals surface area contributed by atoms with E-state index in [1.165, 1.54) is 12.4 Å². The smallest absolute Gasteiger partial charge is 0.240 e. The van der Waals surface area contributed by atoms with Gasteiger partial charge in [-0.15, -0.1) is 10.2 Å². The molecular weight excluding hydrogens is 454 g/mol. The lowest BCUT2D eigenvalue weighted by Gasteiger charge is -2.25. The van der Waals surface area contributed by atoms with E-state index in [0.717, 1.165) is 12.8 Å². The molecule has 2 atom stereocenters. The summed E-state index contributed by atoms with van der Waals surface area (Å²) < 4.78 is 37.0. The van der Waals surface area contributed by atoms with Gasteiger partial charge in [0.25, 0.3) is 0 Å². The summed E-state index contributed by atoms with van der Waals surface area (Å²) in [5, 5.41) is 7.66. The first-order valence-electron chi connectivity index (χ1n) is 10.3. The zero-order valence-electron chi connectivity index (χ0n) is 17.9. The third kappa shape index (κ3) is 4.89. The summed E-state index contributed by atoms with van der Waals surface area (Å²) in [4.78, 5) is 12.7. The molecule has 0 radical (unpaired) electrons. The quantitative estimate of drug-likeness (QED) is 0.497. The maximum absolute atomic E-state index is 13.3. The lowest BCUT2D eigenvalue weighted by molar-refractivity contribution is 0.00154. The number of nitrogens with one attached hydrogen (secondary N) is 1. The Balaban J connectivity index is 1.64. The van der Waals surface area contributed by atoms with Crippen molar-refractivity contribution in [3.8, 4) is 11.5 Å². The number of hydrogen-bond donors (Lipinski definition) is 1. The van der Waals surface area contributed by atoms with Gasteiger partial charge in [-0.1, -0.05) is 17.7 Å². The fourth-order valence-corrected chi connectivity index (χ4v) is 4.42. The molecule has 0 unspecified atom stereocenters. The number of ether oxygens (including phenoxy) is 1. The topological polar surface area (TPSA) is 125 Å². The van der Waals surface area contributed by atoms with Crippen LogP contribution in [0.5, 0.6) is 0 Å². The van der Waals surface area contributed by atoms with Crippen LogP contribution in [-0.2, 0) is 14.8 Å². The Morgan fingerprint density at radius 1 is 1.12 bits per heavy atom. The summed E-state index contributed by atoms with van der Waals surface area (Å²) in [6.07, 6.45) is 5.17. The average molecular weight is 478 g/mol. The zero-order valence-corrected chi connectivity index (χ0v) is 19.5. The molecule has 12 heteroatoms. The molecule has 32 heavy (non-hydrogen) atoms. The standard InChI is InChI=1S/C20H24ClN7O3S/c1-12(2)31-17(18-23-10-14(21)11-24-18)13(3)32(29,30)27-20-26-25-19(28(20)15-7-8-15)16-6-4-5-9-22-16/h4-6,9-13,15,17H,7-8H2,1-3H3,(H,26,27)/t13-,17+/m0/s1. The van der Waals surface area contributed by atoms with E-state index in [4.69, 9.17) is 16.3 Å². The summed E-state index contributed by atoms with van der Waals surface area (Å²) >= 11 is 5.89. The molecule has 0 aromatic carbocycles. The molecule has 0 spiro atoms.